The van der Waals surface area contributed by atoms with Crippen molar-refractivity contribution >= 4 is 40.9 Å². The summed E-state index contributed by atoms with van der Waals surface area (Å²) < 4.78 is 10.6. The first-order valence-corrected chi connectivity index (χ1v) is 10.3. The number of imide groups is 1. The van der Waals surface area contributed by atoms with Gasteiger partial charge in [0.2, 0.25) is 0 Å². The molecule has 8 heteroatoms. The highest BCUT2D eigenvalue weighted by Gasteiger charge is 2.38. The molecule has 1 heterocycles. The Labute approximate surface area is 194 Å². The van der Waals surface area contributed by atoms with Gasteiger partial charge >= 0.3 is 5.97 Å². The maximum absolute atomic E-state index is 12.9. The van der Waals surface area contributed by atoms with Gasteiger partial charge in [-0.2, -0.15) is 0 Å². The van der Waals surface area contributed by atoms with Gasteiger partial charge in [0.25, 0.3) is 11.8 Å². The third-order valence-corrected chi connectivity index (χ3v) is 5.58. The minimum Gasteiger partial charge on any atom is -0.496 e. The number of para-hydroxylation sites is 1. The van der Waals surface area contributed by atoms with Crippen LogP contribution < -0.4 is 9.64 Å². The third-order valence-electron chi connectivity index (χ3n) is 5.26. The van der Waals surface area contributed by atoms with Gasteiger partial charge in [-0.1, -0.05) is 23.7 Å². The molecular weight excluding hydrogens is 446 g/mol. The van der Waals surface area contributed by atoms with Crippen molar-refractivity contribution in [2.75, 3.05) is 12.0 Å². The molecule has 0 radical (unpaired) electrons. The SMILES string of the molecule is COc1ccc(C(C)=O)cc1COC(=O)c1ccc2c(c1)C(=O)N(c1ccccc1Cl)C2=O. The zero-order chi connectivity index (χ0) is 23.7. The second kappa shape index (κ2) is 8.88. The van der Waals surface area contributed by atoms with E-state index in [1.165, 1.54) is 32.2 Å². The quantitative estimate of drug-likeness (QED) is 0.299. The zero-order valence-corrected chi connectivity index (χ0v) is 18.5. The first kappa shape index (κ1) is 22.2. The van der Waals surface area contributed by atoms with Crippen LogP contribution in [0.15, 0.2) is 60.7 Å². The van der Waals surface area contributed by atoms with E-state index in [4.69, 9.17) is 21.1 Å². The van der Waals surface area contributed by atoms with Crippen molar-refractivity contribution in [2.24, 2.45) is 0 Å². The van der Waals surface area contributed by atoms with E-state index in [0.29, 0.717) is 16.9 Å². The molecule has 0 saturated carbocycles. The van der Waals surface area contributed by atoms with Gasteiger partial charge in [0, 0.05) is 11.1 Å². The van der Waals surface area contributed by atoms with Crippen molar-refractivity contribution in [1.82, 2.24) is 0 Å². The fraction of sp³-hybridized carbons (Fsp3) is 0.120. The lowest BCUT2D eigenvalue weighted by Crippen LogP contribution is -2.29. The summed E-state index contributed by atoms with van der Waals surface area (Å²) >= 11 is 6.16. The van der Waals surface area contributed by atoms with Crippen LogP contribution in [-0.4, -0.2) is 30.7 Å². The number of benzene rings is 3. The van der Waals surface area contributed by atoms with Gasteiger partial charge in [-0.15, -0.1) is 0 Å². The lowest BCUT2D eigenvalue weighted by molar-refractivity contribution is 0.0470. The van der Waals surface area contributed by atoms with Gasteiger partial charge in [0.15, 0.2) is 5.78 Å². The van der Waals surface area contributed by atoms with E-state index in [0.717, 1.165) is 4.90 Å². The molecule has 33 heavy (non-hydrogen) atoms. The summed E-state index contributed by atoms with van der Waals surface area (Å²) in [5, 5.41) is 0.258. The van der Waals surface area contributed by atoms with Crippen molar-refractivity contribution in [3.05, 3.63) is 93.5 Å². The summed E-state index contributed by atoms with van der Waals surface area (Å²) in [7, 11) is 1.47. The summed E-state index contributed by atoms with van der Waals surface area (Å²) in [5.74, 6) is -1.44. The van der Waals surface area contributed by atoms with Crippen LogP contribution in [0, 0.1) is 0 Å². The van der Waals surface area contributed by atoms with Crippen molar-refractivity contribution in [1.29, 1.82) is 0 Å². The predicted molar refractivity (Wildman–Crippen MR) is 121 cm³/mol. The Kier molecular flexibility index (Phi) is 5.98. The maximum Gasteiger partial charge on any atom is 0.338 e. The van der Waals surface area contributed by atoms with Crippen LogP contribution in [-0.2, 0) is 11.3 Å². The lowest BCUT2D eigenvalue weighted by Gasteiger charge is -2.15. The van der Waals surface area contributed by atoms with Gasteiger partial charge in [0.1, 0.15) is 12.4 Å². The largest absolute Gasteiger partial charge is 0.496 e. The van der Waals surface area contributed by atoms with E-state index < -0.39 is 17.8 Å². The Hall–Kier alpha value is -3.97. The van der Waals surface area contributed by atoms with E-state index >= 15 is 0 Å². The molecule has 0 fully saturated rings. The summed E-state index contributed by atoms with van der Waals surface area (Å²) in [6.07, 6.45) is 0. The molecule has 0 spiro atoms. The summed E-state index contributed by atoms with van der Waals surface area (Å²) in [4.78, 5) is 51.1. The number of hydrogen-bond acceptors (Lipinski definition) is 6. The average molecular weight is 464 g/mol. The van der Waals surface area contributed by atoms with E-state index in [2.05, 4.69) is 0 Å². The minimum absolute atomic E-state index is 0.0885. The number of halogens is 1. The number of carbonyl (C=O) groups is 4. The molecular formula is C25H18ClNO6. The Balaban J connectivity index is 1.56. The minimum atomic E-state index is -0.690. The number of nitrogens with zero attached hydrogens (tertiary/aromatic N) is 1. The predicted octanol–water partition coefficient (Wildman–Crippen LogP) is 4.71. The maximum atomic E-state index is 12.9. The molecule has 3 aromatic rings. The number of esters is 1. The van der Waals surface area contributed by atoms with Crippen LogP contribution in [0.25, 0.3) is 0 Å². The first-order chi connectivity index (χ1) is 15.8. The molecule has 0 aliphatic carbocycles. The number of anilines is 1. The normalized spacial score (nSPS) is 12.5. The van der Waals surface area contributed by atoms with E-state index in [1.807, 2.05) is 0 Å². The standard InChI is InChI=1S/C25H18ClNO6/c1-14(28)15-8-10-22(32-2)17(11-15)13-33-25(31)16-7-9-18-19(12-16)24(30)27(23(18)29)21-6-4-3-5-20(21)26/h3-12H,13H2,1-2H3. The molecule has 0 aromatic heterocycles. The third kappa shape index (κ3) is 4.10. The molecule has 0 atom stereocenters. The van der Waals surface area contributed by atoms with Crippen LogP contribution in [0.5, 0.6) is 5.75 Å². The number of Topliss-reactive ketones (excluding diaryl/α,β-unsaturated/α-hetero) is 1. The van der Waals surface area contributed by atoms with E-state index in [-0.39, 0.29) is 39.8 Å². The molecule has 3 aromatic carbocycles. The molecule has 0 N–H and O–H groups in total. The van der Waals surface area contributed by atoms with Crippen LogP contribution in [0.3, 0.4) is 0 Å². The summed E-state index contributed by atoms with van der Waals surface area (Å²) in [5.41, 5.74) is 1.63. The van der Waals surface area contributed by atoms with E-state index in [9.17, 15) is 19.2 Å². The number of carbonyl (C=O) groups excluding carboxylic acids is 4. The molecule has 4 rings (SSSR count). The number of amides is 2. The number of hydrogen-bond donors (Lipinski definition) is 0. The van der Waals surface area contributed by atoms with Gasteiger partial charge < -0.3 is 9.47 Å². The topological polar surface area (TPSA) is 90.0 Å². The van der Waals surface area contributed by atoms with Gasteiger partial charge in [-0.3, -0.25) is 14.4 Å². The highest BCUT2D eigenvalue weighted by molar-refractivity contribution is 6.39. The second-order valence-electron chi connectivity index (χ2n) is 7.32. The smallest absolute Gasteiger partial charge is 0.338 e. The van der Waals surface area contributed by atoms with Crippen LogP contribution in [0.1, 0.15) is 53.9 Å². The van der Waals surface area contributed by atoms with Crippen molar-refractivity contribution in [3.8, 4) is 5.75 Å². The number of rotatable bonds is 6. The molecule has 0 unspecified atom stereocenters. The summed E-state index contributed by atoms with van der Waals surface area (Å²) in [6.45, 7) is 1.30. The molecule has 0 bridgehead atoms. The molecule has 7 nitrogen and oxygen atoms in total. The highest BCUT2D eigenvalue weighted by atomic mass is 35.5. The van der Waals surface area contributed by atoms with Crippen molar-refractivity contribution in [3.63, 3.8) is 0 Å². The van der Waals surface area contributed by atoms with Crippen LogP contribution >= 0.6 is 11.6 Å². The monoisotopic (exact) mass is 463 g/mol. The van der Waals surface area contributed by atoms with Crippen LogP contribution in [0.4, 0.5) is 5.69 Å². The average Bonchev–Trinajstić information content (AvgIpc) is 3.07. The fourth-order valence-corrected chi connectivity index (χ4v) is 3.78. The molecule has 2 amide bonds. The second-order valence-corrected chi connectivity index (χ2v) is 7.72. The molecule has 1 aliphatic heterocycles. The molecule has 1 aliphatic rings. The van der Waals surface area contributed by atoms with Gasteiger partial charge in [-0.25, -0.2) is 9.69 Å². The fourth-order valence-electron chi connectivity index (χ4n) is 3.56. The zero-order valence-electron chi connectivity index (χ0n) is 17.8. The van der Waals surface area contributed by atoms with Gasteiger partial charge in [-0.05, 0) is 55.5 Å². The summed E-state index contributed by atoms with van der Waals surface area (Å²) in [6, 6.07) is 15.5. The molecule has 166 valence electrons. The van der Waals surface area contributed by atoms with Crippen molar-refractivity contribution < 1.29 is 28.7 Å². The Morgan fingerprint density at radius 3 is 2.30 bits per heavy atom. The number of ketones is 1. The van der Waals surface area contributed by atoms with Crippen molar-refractivity contribution in [2.45, 2.75) is 13.5 Å². The van der Waals surface area contributed by atoms with Gasteiger partial charge in [0.05, 0.1) is 34.5 Å². The van der Waals surface area contributed by atoms with E-state index in [1.54, 1.807) is 42.5 Å². The number of ether oxygens (including phenoxy) is 2. The number of methoxy groups -OCH3 is 1. The lowest BCUT2D eigenvalue weighted by atomic mass is 10.1. The Morgan fingerprint density at radius 1 is 0.909 bits per heavy atom. The number of fused-ring (bicyclic) bond motifs is 1. The Bertz CT molecular complexity index is 1320. The highest BCUT2D eigenvalue weighted by Crippen LogP contribution is 2.33. The molecule has 0 saturated heterocycles. The Morgan fingerprint density at radius 2 is 1.61 bits per heavy atom. The van der Waals surface area contributed by atoms with Crippen LogP contribution in [0.2, 0.25) is 5.02 Å². The first-order valence-electron chi connectivity index (χ1n) is 9.94.